The van der Waals surface area contributed by atoms with Crippen molar-refractivity contribution in [2.45, 2.75) is 64.8 Å². The average Bonchev–Trinajstić information content (AvgIpc) is 2.49. The van der Waals surface area contributed by atoms with Crippen LogP contribution in [0.15, 0.2) is 0 Å². The van der Waals surface area contributed by atoms with Crippen LogP contribution in [0.2, 0.25) is 0 Å². The minimum Gasteiger partial charge on any atom is -0.319 e. The summed E-state index contributed by atoms with van der Waals surface area (Å²) >= 11 is 0. The Morgan fingerprint density at radius 2 is 1.71 bits per heavy atom. The second kappa shape index (κ2) is 8.50. The summed E-state index contributed by atoms with van der Waals surface area (Å²) in [5.41, 5.74) is 0.446. The van der Waals surface area contributed by atoms with Crippen LogP contribution in [-0.4, -0.2) is 62.2 Å². The molecule has 124 valence electrons. The van der Waals surface area contributed by atoms with Gasteiger partial charge < -0.3 is 15.1 Å². The summed E-state index contributed by atoms with van der Waals surface area (Å²) < 4.78 is 0. The van der Waals surface area contributed by atoms with Crippen molar-refractivity contribution in [2.75, 3.05) is 46.3 Å². The van der Waals surface area contributed by atoms with E-state index in [-0.39, 0.29) is 0 Å². The molecule has 0 radical (unpaired) electrons. The van der Waals surface area contributed by atoms with Gasteiger partial charge in [-0.15, -0.1) is 0 Å². The molecule has 2 aliphatic rings. The summed E-state index contributed by atoms with van der Waals surface area (Å²) in [5.74, 6) is 0. The monoisotopic (exact) mass is 295 g/mol. The fraction of sp³-hybridized carbons (Fsp3) is 1.00. The van der Waals surface area contributed by atoms with Crippen molar-refractivity contribution in [1.29, 1.82) is 0 Å². The molecule has 0 aliphatic carbocycles. The van der Waals surface area contributed by atoms with E-state index in [1.54, 1.807) is 0 Å². The molecule has 0 amide bonds. The van der Waals surface area contributed by atoms with Crippen LogP contribution in [0, 0.1) is 5.41 Å². The molecule has 2 rings (SSSR count). The Morgan fingerprint density at radius 1 is 1.05 bits per heavy atom. The van der Waals surface area contributed by atoms with Crippen LogP contribution >= 0.6 is 0 Å². The number of likely N-dealkylation sites (tertiary alicyclic amines) is 2. The molecular weight excluding hydrogens is 258 g/mol. The summed E-state index contributed by atoms with van der Waals surface area (Å²) in [6.07, 6.45) is 9.72. The molecule has 21 heavy (non-hydrogen) atoms. The zero-order chi connectivity index (χ0) is 15.1. The van der Waals surface area contributed by atoms with Crippen molar-refractivity contribution < 1.29 is 0 Å². The van der Waals surface area contributed by atoms with Crippen molar-refractivity contribution in [3.05, 3.63) is 0 Å². The highest BCUT2D eigenvalue weighted by Crippen LogP contribution is 2.27. The van der Waals surface area contributed by atoms with Crippen LogP contribution < -0.4 is 5.32 Å². The summed E-state index contributed by atoms with van der Waals surface area (Å²) in [5, 5.41) is 3.41. The third-order valence-electron chi connectivity index (χ3n) is 5.53. The zero-order valence-corrected chi connectivity index (χ0v) is 14.7. The lowest BCUT2D eigenvalue weighted by molar-refractivity contribution is 0.0682. The maximum absolute atomic E-state index is 3.41. The predicted molar refractivity (Wildman–Crippen MR) is 91.8 cm³/mol. The van der Waals surface area contributed by atoms with Crippen molar-refractivity contribution in [3.63, 3.8) is 0 Å². The number of piperidine rings is 2. The average molecular weight is 296 g/mol. The third-order valence-corrected chi connectivity index (χ3v) is 5.53. The van der Waals surface area contributed by atoms with Crippen LogP contribution in [-0.2, 0) is 0 Å². The molecule has 0 saturated carbocycles. The standard InChI is InChI=1S/C18H37N3/c1-4-10-18(2,15-19-3)16-20-13-8-17(9-14-20)21-11-6-5-7-12-21/h17,19H,4-16H2,1-3H3. The van der Waals surface area contributed by atoms with Crippen LogP contribution in [0.4, 0.5) is 0 Å². The van der Waals surface area contributed by atoms with Crippen LogP contribution in [0.5, 0.6) is 0 Å². The summed E-state index contributed by atoms with van der Waals surface area (Å²) in [4.78, 5) is 5.51. The first kappa shape index (κ1) is 17.2. The van der Waals surface area contributed by atoms with Gasteiger partial charge in [0, 0.05) is 19.1 Å². The second-order valence-electron chi connectivity index (χ2n) is 7.69. The fourth-order valence-corrected chi connectivity index (χ4v) is 4.52. The Balaban J connectivity index is 1.77. The maximum Gasteiger partial charge on any atom is 0.0120 e. The van der Waals surface area contributed by atoms with Gasteiger partial charge in [0.15, 0.2) is 0 Å². The van der Waals surface area contributed by atoms with Gasteiger partial charge in [-0.25, -0.2) is 0 Å². The molecule has 3 heteroatoms. The number of rotatable bonds is 7. The van der Waals surface area contributed by atoms with Gasteiger partial charge in [-0.3, -0.25) is 0 Å². The van der Waals surface area contributed by atoms with E-state index in [4.69, 9.17) is 0 Å². The smallest absolute Gasteiger partial charge is 0.0120 e. The van der Waals surface area contributed by atoms with E-state index in [2.05, 4.69) is 36.0 Å². The predicted octanol–water partition coefficient (Wildman–Crippen LogP) is 2.96. The van der Waals surface area contributed by atoms with Gasteiger partial charge in [-0.1, -0.05) is 26.7 Å². The van der Waals surface area contributed by atoms with Gasteiger partial charge >= 0.3 is 0 Å². The summed E-state index contributed by atoms with van der Waals surface area (Å²) in [6, 6.07) is 0.878. The topological polar surface area (TPSA) is 18.5 Å². The lowest BCUT2D eigenvalue weighted by Gasteiger charge is -2.43. The Morgan fingerprint density at radius 3 is 2.29 bits per heavy atom. The van der Waals surface area contributed by atoms with Gasteiger partial charge in [0.1, 0.15) is 0 Å². The van der Waals surface area contributed by atoms with E-state index >= 15 is 0 Å². The lowest BCUT2D eigenvalue weighted by atomic mass is 9.84. The molecule has 2 fully saturated rings. The summed E-state index contributed by atoms with van der Waals surface area (Å²) in [6.45, 7) is 12.5. The molecule has 0 spiro atoms. The zero-order valence-electron chi connectivity index (χ0n) is 14.7. The van der Waals surface area contributed by atoms with E-state index in [1.807, 2.05) is 0 Å². The number of nitrogens with one attached hydrogen (secondary N) is 1. The van der Waals surface area contributed by atoms with E-state index < -0.39 is 0 Å². The van der Waals surface area contributed by atoms with Crippen LogP contribution in [0.1, 0.15) is 58.8 Å². The molecule has 0 aromatic heterocycles. The van der Waals surface area contributed by atoms with Gasteiger partial charge in [0.05, 0.1) is 0 Å². The van der Waals surface area contributed by atoms with E-state index in [9.17, 15) is 0 Å². The van der Waals surface area contributed by atoms with Crippen molar-refractivity contribution in [2.24, 2.45) is 5.41 Å². The first-order valence-electron chi connectivity index (χ1n) is 9.28. The minimum atomic E-state index is 0.446. The molecule has 1 N–H and O–H groups in total. The van der Waals surface area contributed by atoms with E-state index in [0.717, 1.165) is 12.6 Å². The van der Waals surface area contributed by atoms with Crippen LogP contribution in [0.3, 0.4) is 0 Å². The third kappa shape index (κ3) is 5.22. The first-order valence-corrected chi connectivity index (χ1v) is 9.28. The molecule has 2 heterocycles. The number of hydrogen-bond acceptors (Lipinski definition) is 3. The highest BCUT2D eigenvalue weighted by atomic mass is 15.2. The Bertz CT molecular complexity index is 272. The van der Waals surface area contributed by atoms with Gasteiger partial charge in [0.25, 0.3) is 0 Å². The summed E-state index contributed by atoms with van der Waals surface area (Å²) in [7, 11) is 2.09. The molecule has 3 nitrogen and oxygen atoms in total. The van der Waals surface area contributed by atoms with E-state index in [1.165, 1.54) is 77.7 Å². The molecular formula is C18H37N3. The molecule has 1 atom stereocenters. The van der Waals surface area contributed by atoms with Crippen molar-refractivity contribution in [1.82, 2.24) is 15.1 Å². The first-order chi connectivity index (χ1) is 10.2. The van der Waals surface area contributed by atoms with Gasteiger partial charge in [-0.05, 0) is 70.7 Å². The Hall–Kier alpha value is -0.120. The second-order valence-corrected chi connectivity index (χ2v) is 7.69. The quantitative estimate of drug-likeness (QED) is 0.779. The van der Waals surface area contributed by atoms with E-state index in [0.29, 0.717) is 5.41 Å². The molecule has 2 aliphatic heterocycles. The Labute approximate surface area is 132 Å². The maximum atomic E-state index is 3.41. The normalized spacial score (nSPS) is 25.9. The Kier molecular flexibility index (Phi) is 6.97. The van der Waals surface area contributed by atoms with Crippen molar-refractivity contribution >= 4 is 0 Å². The minimum absolute atomic E-state index is 0.446. The number of hydrogen-bond donors (Lipinski definition) is 1. The number of nitrogens with zero attached hydrogens (tertiary/aromatic N) is 2. The fourth-order valence-electron chi connectivity index (χ4n) is 4.52. The molecule has 0 bridgehead atoms. The van der Waals surface area contributed by atoms with Gasteiger partial charge in [0.2, 0.25) is 0 Å². The lowest BCUT2D eigenvalue weighted by Crippen LogP contribution is -2.49. The van der Waals surface area contributed by atoms with Crippen LogP contribution in [0.25, 0.3) is 0 Å². The molecule has 0 aromatic rings. The van der Waals surface area contributed by atoms with Crippen molar-refractivity contribution in [3.8, 4) is 0 Å². The van der Waals surface area contributed by atoms with Gasteiger partial charge in [-0.2, -0.15) is 0 Å². The largest absolute Gasteiger partial charge is 0.319 e. The SMILES string of the molecule is CCCC(C)(CNC)CN1CCC(N2CCCCC2)CC1. The highest BCUT2D eigenvalue weighted by molar-refractivity contribution is 4.86. The molecule has 0 aromatic carbocycles. The highest BCUT2D eigenvalue weighted by Gasteiger charge is 2.30. The molecule has 2 saturated heterocycles. The molecule has 1 unspecified atom stereocenters.